The maximum Gasteiger partial charge on any atom is 0.160 e. The third-order valence-electron chi connectivity index (χ3n) is 1.31. The van der Waals surface area contributed by atoms with E-state index >= 15 is 0 Å². The van der Waals surface area contributed by atoms with Crippen LogP contribution in [0.25, 0.3) is 0 Å². The fraction of sp³-hybridized carbons (Fsp3) is 0. The van der Waals surface area contributed by atoms with Crippen molar-refractivity contribution in [3.05, 3.63) is 29.3 Å². The molecule has 0 saturated carbocycles. The van der Waals surface area contributed by atoms with Gasteiger partial charge in [-0.15, -0.1) is 0 Å². The summed E-state index contributed by atoms with van der Waals surface area (Å²) in [4.78, 5) is 10.2. The third kappa shape index (κ3) is 1.34. The number of anilines is 1. The molecule has 0 amide bonds. The van der Waals surface area contributed by atoms with Crippen LogP contribution in [0.15, 0.2) is 12.1 Å². The lowest BCUT2D eigenvalue weighted by atomic mass is 10.2. The van der Waals surface area contributed by atoms with Crippen molar-refractivity contribution in [1.29, 1.82) is 0 Å². The Bertz CT molecular complexity index is 338. The van der Waals surface area contributed by atoms with Crippen LogP contribution in [-0.4, -0.2) is 5.97 Å². The van der Waals surface area contributed by atoms with Crippen molar-refractivity contribution in [2.75, 3.05) is 5.73 Å². The molecule has 0 aliphatic carbocycles. The summed E-state index contributed by atoms with van der Waals surface area (Å²) in [6.07, 6.45) is 0. The summed E-state index contributed by atoms with van der Waals surface area (Å²) in [6, 6.07) is 1.08. The number of aromatic carboxylic acids is 1. The van der Waals surface area contributed by atoms with Crippen LogP contribution in [-0.2, 0) is 0 Å². The minimum absolute atomic E-state index is 0.353. The highest BCUT2D eigenvalue weighted by Crippen LogP contribution is 2.15. The van der Waals surface area contributed by atoms with E-state index in [9.17, 15) is 18.7 Å². The highest BCUT2D eigenvalue weighted by Gasteiger charge is 2.07. The molecule has 5 heteroatoms. The molecule has 0 aromatic heterocycles. The van der Waals surface area contributed by atoms with Crippen LogP contribution in [0.2, 0.25) is 0 Å². The first-order valence-electron chi connectivity index (χ1n) is 2.98. The zero-order valence-electron chi connectivity index (χ0n) is 5.80. The SMILES string of the molecule is Nc1cc(F)c(F)cc1C(=O)[O-]. The molecule has 0 fully saturated rings. The van der Waals surface area contributed by atoms with E-state index in [-0.39, 0.29) is 5.69 Å². The molecule has 0 aliphatic heterocycles. The summed E-state index contributed by atoms with van der Waals surface area (Å²) in [5, 5.41) is 10.2. The molecule has 0 saturated heterocycles. The van der Waals surface area contributed by atoms with Crippen molar-refractivity contribution in [2.24, 2.45) is 0 Å². The van der Waals surface area contributed by atoms with Gasteiger partial charge >= 0.3 is 0 Å². The van der Waals surface area contributed by atoms with Crippen molar-refractivity contribution >= 4 is 11.7 Å². The van der Waals surface area contributed by atoms with Gasteiger partial charge in [0.15, 0.2) is 11.6 Å². The molecule has 1 aromatic rings. The Hall–Kier alpha value is -1.65. The number of halogens is 2. The van der Waals surface area contributed by atoms with E-state index in [1.807, 2.05) is 0 Å². The third-order valence-corrected chi connectivity index (χ3v) is 1.31. The van der Waals surface area contributed by atoms with Gasteiger partial charge < -0.3 is 15.6 Å². The van der Waals surface area contributed by atoms with Crippen molar-refractivity contribution in [3.63, 3.8) is 0 Å². The maximum atomic E-state index is 12.4. The predicted molar refractivity (Wildman–Crippen MR) is 35.1 cm³/mol. The number of nitrogens with two attached hydrogens (primary N) is 1. The van der Waals surface area contributed by atoms with E-state index in [2.05, 4.69) is 0 Å². The highest BCUT2D eigenvalue weighted by atomic mass is 19.2. The minimum Gasteiger partial charge on any atom is -0.545 e. The van der Waals surface area contributed by atoms with Crippen LogP contribution in [0.4, 0.5) is 14.5 Å². The zero-order valence-corrected chi connectivity index (χ0v) is 5.80. The van der Waals surface area contributed by atoms with Gasteiger partial charge in [0.05, 0.1) is 5.97 Å². The van der Waals surface area contributed by atoms with Crippen LogP contribution in [0.1, 0.15) is 10.4 Å². The number of carboxylic acid groups (broad SMARTS) is 1. The Morgan fingerprint density at radius 2 is 1.83 bits per heavy atom. The van der Waals surface area contributed by atoms with Crippen LogP contribution in [0.3, 0.4) is 0 Å². The lowest BCUT2D eigenvalue weighted by Crippen LogP contribution is -2.23. The normalized spacial score (nSPS) is 9.83. The van der Waals surface area contributed by atoms with Gasteiger partial charge in [-0.2, -0.15) is 0 Å². The van der Waals surface area contributed by atoms with Crippen LogP contribution < -0.4 is 10.8 Å². The molecule has 0 unspecified atom stereocenters. The molecule has 1 rings (SSSR count). The molecule has 3 nitrogen and oxygen atoms in total. The number of carboxylic acids is 1. The number of hydrogen-bond donors (Lipinski definition) is 1. The molecular weight excluding hydrogens is 168 g/mol. The van der Waals surface area contributed by atoms with Gasteiger partial charge in [-0.3, -0.25) is 0 Å². The number of benzene rings is 1. The Morgan fingerprint density at radius 1 is 1.33 bits per heavy atom. The average molecular weight is 172 g/mol. The van der Waals surface area contributed by atoms with Crippen molar-refractivity contribution in [3.8, 4) is 0 Å². The van der Waals surface area contributed by atoms with Gasteiger partial charge in [0.2, 0.25) is 0 Å². The number of carbonyl (C=O) groups excluding carboxylic acids is 1. The first-order valence-corrected chi connectivity index (χ1v) is 2.98. The second-order valence-corrected chi connectivity index (χ2v) is 2.14. The van der Waals surface area contributed by atoms with E-state index in [0.717, 1.165) is 0 Å². The van der Waals surface area contributed by atoms with E-state index in [1.165, 1.54) is 0 Å². The van der Waals surface area contributed by atoms with Crippen molar-refractivity contribution in [2.45, 2.75) is 0 Å². The van der Waals surface area contributed by atoms with Gasteiger partial charge in [-0.05, 0) is 6.07 Å². The summed E-state index contributed by atoms with van der Waals surface area (Å²) < 4.78 is 24.8. The largest absolute Gasteiger partial charge is 0.545 e. The van der Waals surface area contributed by atoms with E-state index in [1.54, 1.807) is 0 Å². The molecule has 0 aliphatic rings. The highest BCUT2D eigenvalue weighted by molar-refractivity contribution is 5.91. The summed E-state index contributed by atoms with van der Waals surface area (Å²) in [7, 11) is 0. The summed E-state index contributed by atoms with van der Waals surface area (Å²) in [5.74, 6) is -4.08. The van der Waals surface area contributed by atoms with Gasteiger partial charge in [-0.25, -0.2) is 8.78 Å². The second-order valence-electron chi connectivity index (χ2n) is 2.14. The second kappa shape index (κ2) is 2.77. The molecule has 0 bridgehead atoms. The molecular formula is C7H4F2NO2-. The standard InChI is InChI=1S/C7H5F2NO2/c8-4-1-3(7(11)12)6(10)2-5(4)9/h1-2H,10H2,(H,11,12)/p-1. The Morgan fingerprint density at radius 3 is 2.33 bits per heavy atom. The van der Waals surface area contributed by atoms with Crippen molar-refractivity contribution in [1.82, 2.24) is 0 Å². The molecule has 1 aromatic carbocycles. The van der Waals surface area contributed by atoms with Crippen LogP contribution in [0, 0.1) is 11.6 Å². The zero-order chi connectivity index (χ0) is 9.30. The quantitative estimate of drug-likeness (QED) is 0.602. The van der Waals surface area contributed by atoms with Crippen LogP contribution >= 0.6 is 0 Å². The molecule has 0 heterocycles. The predicted octanol–water partition coefficient (Wildman–Crippen LogP) is -0.0895. The van der Waals surface area contributed by atoms with E-state index in [0.29, 0.717) is 12.1 Å². The van der Waals surface area contributed by atoms with Crippen molar-refractivity contribution < 1.29 is 18.7 Å². The Kier molecular flexibility index (Phi) is 1.95. The number of hydrogen-bond acceptors (Lipinski definition) is 3. The molecule has 0 atom stereocenters. The van der Waals surface area contributed by atoms with Gasteiger partial charge in [0.25, 0.3) is 0 Å². The number of rotatable bonds is 1. The fourth-order valence-corrected chi connectivity index (χ4v) is 0.739. The van der Waals surface area contributed by atoms with Gasteiger partial charge in [0.1, 0.15) is 0 Å². The number of carbonyl (C=O) groups is 1. The first kappa shape index (κ1) is 8.45. The number of nitrogen functional groups attached to an aromatic ring is 1. The fourth-order valence-electron chi connectivity index (χ4n) is 0.739. The smallest absolute Gasteiger partial charge is 0.160 e. The summed E-state index contributed by atoms with van der Waals surface area (Å²) in [5.41, 5.74) is 4.16. The van der Waals surface area contributed by atoms with Gasteiger partial charge in [-0.1, -0.05) is 0 Å². The Labute approximate surface area is 66.4 Å². The monoisotopic (exact) mass is 172 g/mol. The molecule has 0 spiro atoms. The minimum atomic E-state index is -1.63. The molecule has 2 N–H and O–H groups in total. The Balaban J connectivity index is 3.33. The lowest BCUT2D eigenvalue weighted by Gasteiger charge is -2.06. The van der Waals surface area contributed by atoms with E-state index < -0.39 is 23.2 Å². The summed E-state index contributed by atoms with van der Waals surface area (Å²) >= 11 is 0. The maximum absolute atomic E-state index is 12.4. The molecule has 0 radical (unpaired) electrons. The molecule has 12 heavy (non-hydrogen) atoms. The van der Waals surface area contributed by atoms with Gasteiger partial charge in [0, 0.05) is 17.3 Å². The summed E-state index contributed by atoms with van der Waals surface area (Å²) in [6.45, 7) is 0. The molecule has 64 valence electrons. The lowest BCUT2D eigenvalue weighted by molar-refractivity contribution is -0.254. The van der Waals surface area contributed by atoms with E-state index in [4.69, 9.17) is 5.73 Å². The first-order chi connectivity index (χ1) is 5.52. The topological polar surface area (TPSA) is 66.2 Å². The van der Waals surface area contributed by atoms with Crippen LogP contribution in [0.5, 0.6) is 0 Å². The average Bonchev–Trinajstić information content (AvgIpc) is 1.96.